The second-order valence-electron chi connectivity index (χ2n) is 5.92. The highest BCUT2D eigenvalue weighted by atomic mass is 32.2. The maximum Gasteiger partial charge on any atom is 0.347 e. The van der Waals surface area contributed by atoms with Crippen molar-refractivity contribution >= 4 is 27.3 Å². The van der Waals surface area contributed by atoms with Gasteiger partial charge in [0.2, 0.25) is 10.0 Å². The van der Waals surface area contributed by atoms with Crippen LogP contribution in [0.2, 0.25) is 0 Å². The summed E-state index contributed by atoms with van der Waals surface area (Å²) in [5.41, 5.74) is 0.510. The van der Waals surface area contributed by atoms with Gasteiger partial charge in [-0.15, -0.1) is 11.3 Å². The van der Waals surface area contributed by atoms with Crippen molar-refractivity contribution in [3.63, 3.8) is 0 Å². The summed E-state index contributed by atoms with van der Waals surface area (Å²) in [6.07, 6.45) is 2.55. The first-order valence-corrected chi connectivity index (χ1v) is 9.64. The number of nitrogens with zero attached hydrogens (tertiary/aromatic N) is 1. The van der Waals surface area contributed by atoms with E-state index >= 15 is 0 Å². The number of sulfonamides is 1. The molecule has 8 heteroatoms. The molecule has 1 N–H and O–H groups in total. The van der Waals surface area contributed by atoms with Gasteiger partial charge in [-0.05, 0) is 43.0 Å². The lowest BCUT2D eigenvalue weighted by Gasteiger charge is -2.24. The monoisotopic (exact) mass is 345 g/mol. The van der Waals surface area contributed by atoms with Gasteiger partial charge in [0.1, 0.15) is 9.77 Å². The fraction of sp³-hybridized carbons (Fsp3) is 0.643. The number of carboxylic acids is 1. The summed E-state index contributed by atoms with van der Waals surface area (Å²) in [6.45, 7) is 3.31. The Hall–Kier alpha value is -0.960. The maximum atomic E-state index is 13.0. The third kappa shape index (κ3) is 2.92. The van der Waals surface area contributed by atoms with Crippen LogP contribution >= 0.6 is 11.3 Å². The molecule has 2 fully saturated rings. The lowest BCUT2D eigenvalue weighted by molar-refractivity contribution is 0.0698. The van der Waals surface area contributed by atoms with Crippen molar-refractivity contribution < 1.29 is 23.1 Å². The van der Waals surface area contributed by atoms with Crippen molar-refractivity contribution in [3.8, 4) is 0 Å². The molecular formula is C14H19NO5S2. The molecule has 0 amide bonds. The first kappa shape index (κ1) is 15.9. The number of aromatic carboxylic acids is 1. The molecule has 1 aliphatic heterocycles. The summed E-state index contributed by atoms with van der Waals surface area (Å²) in [5, 5.41) is 10.9. The number of hydrogen-bond donors (Lipinski definition) is 1. The second kappa shape index (κ2) is 5.92. The number of carbonyl (C=O) groups is 1. The second-order valence-corrected chi connectivity index (χ2v) is 8.62. The third-order valence-electron chi connectivity index (χ3n) is 4.10. The van der Waals surface area contributed by atoms with Crippen LogP contribution in [0.5, 0.6) is 0 Å². The molecule has 1 saturated carbocycles. The van der Waals surface area contributed by atoms with Crippen molar-refractivity contribution in [2.24, 2.45) is 5.92 Å². The Morgan fingerprint density at radius 2 is 2.18 bits per heavy atom. The van der Waals surface area contributed by atoms with Gasteiger partial charge in [-0.3, -0.25) is 0 Å². The Bertz CT molecular complexity index is 671. The fourth-order valence-electron chi connectivity index (χ4n) is 2.81. The molecule has 6 nitrogen and oxygen atoms in total. The van der Waals surface area contributed by atoms with Gasteiger partial charge >= 0.3 is 5.97 Å². The molecule has 0 radical (unpaired) electrons. The number of ether oxygens (including phenoxy) is 1. The van der Waals surface area contributed by atoms with E-state index in [0.29, 0.717) is 25.3 Å². The molecule has 0 aromatic carbocycles. The van der Waals surface area contributed by atoms with E-state index in [1.165, 1.54) is 4.31 Å². The van der Waals surface area contributed by atoms with Gasteiger partial charge in [-0.1, -0.05) is 0 Å². The zero-order chi connectivity index (χ0) is 15.9. The lowest BCUT2D eigenvalue weighted by atomic mass is 10.1. The molecule has 2 heterocycles. The summed E-state index contributed by atoms with van der Waals surface area (Å²) in [6, 6.07) is 0.00606. The number of carboxylic acid groups (broad SMARTS) is 1. The quantitative estimate of drug-likeness (QED) is 0.852. The van der Waals surface area contributed by atoms with Crippen LogP contribution in [0.3, 0.4) is 0 Å². The van der Waals surface area contributed by atoms with Gasteiger partial charge in [-0.25, -0.2) is 13.2 Å². The van der Waals surface area contributed by atoms with Crippen molar-refractivity contribution in [1.82, 2.24) is 4.31 Å². The predicted molar refractivity (Wildman–Crippen MR) is 81.9 cm³/mol. The lowest BCUT2D eigenvalue weighted by Crippen LogP contribution is -2.38. The van der Waals surface area contributed by atoms with Crippen molar-refractivity contribution in [3.05, 3.63) is 15.8 Å². The topological polar surface area (TPSA) is 83.9 Å². The summed E-state index contributed by atoms with van der Waals surface area (Å²) in [4.78, 5) is 11.2. The highest BCUT2D eigenvalue weighted by molar-refractivity contribution is 7.89. The van der Waals surface area contributed by atoms with E-state index in [0.717, 1.165) is 30.6 Å². The van der Waals surface area contributed by atoms with Crippen molar-refractivity contribution in [2.75, 3.05) is 19.8 Å². The third-order valence-corrected chi connectivity index (χ3v) is 7.42. The average molecular weight is 345 g/mol. The summed E-state index contributed by atoms with van der Waals surface area (Å²) in [5.74, 6) is -0.987. The van der Waals surface area contributed by atoms with Crippen LogP contribution in [0.4, 0.5) is 0 Å². The summed E-state index contributed by atoms with van der Waals surface area (Å²) < 4.78 is 32.9. The molecule has 1 atom stereocenters. The average Bonchev–Trinajstić information content (AvgIpc) is 2.98. The molecule has 1 aromatic rings. The number of hydrogen-bond acceptors (Lipinski definition) is 5. The van der Waals surface area contributed by atoms with Crippen LogP contribution in [-0.4, -0.2) is 49.6 Å². The molecule has 3 rings (SSSR count). The molecule has 0 bridgehead atoms. The van der Waals surface area contributed by atoms with E-state index in [1.807, 2.05) is 0 Å². The van der Waals surface area contributed by atoms with Gasteiger partial charge in [0.25, 0.3) is 0 Å². The SMILES string of the molecule is Cc1csc(C(=O)O)c1S(=O)(=O)N(CC1CCOC1)C1CC1. The Balaban J connectivity index is 1.95. The normalized spacial score (nSPS) is 22.4. The van der Waals surface area contributed by atoms with E-state index < -0.39 is 16.0 Å². The van der Waals surface area contributed by atoms with Gasteiger partial charge in [0.05, 0.1) is 6.61 Å². The molecule has 1 saturated heterocycles. The van der Waals surface area contributed by atoms with E-state index in [1.54, 1.807) is 12.3 Å². The van der Waals surface area contributed by atoms with Crippen LogP contribution in [0.25, 0.3) is 0 Å². The van der Waals surface area contributed by atoms with Crippen LogP contribution in [0.15, 0.2) is 10.3 Å². The van der Waals surface area contributed by atoms with Crippen molar-refractivity contribution in [1.29, 1.82) is 0 Å². The van der Waals surface area contributed by atoms with Crippen LogP contribution in [0.1, 0.15) is 34.5 Å². The predicted octanol–water partition coefficient (Wildman–Crippen LogP) is 1.94. The van der Waals surface area contributed by atoms with Crippen LogP contribution in [-0.2, 0) is 14.8 Å². The van der Waals surface area contributed by atoms with E-state index in [4.69, 9.17) is 4.74 Å². The molecule has 1 aromatic heterocycles. The molecule has 0 spiro atoms. The summed E-state index contributed by atoms with van der Waals surface area (Å²) >= 11 is 0.973. The first-order valence-electron chi connectivity index (χ1n) is 7.32. The Morgan fingerprint density at radius 1 is 1.45 bits per heavy atom. The standard InChI is InChI=1S/C14H19NO5S2/c1-9-8-21-12(14(16)17)13(9)22(18,19)15(11-2-3-11)6-10-4-5-20-7-10/h8,10-11H,2-7H2,1H3,(H,16,17). The molecular weight excluding hydrogens is 326 g/mol. The molecule has 2 aliphatic rings. The highest BCUT2D eigenvalue weighted by Crippen LogP contribution is 2.37. The number of thiophene rings is 1. The smallest absolute Gasteiger partial charge is 0.347 e. The van der Waals surface area contributed by atoms with Gasteiger partial charge in [0, 0.05) is 19.2 Å². The Morgan fingerprint density at radius 3 is 2.73 bits per heavy atom. The van der Waals surface area contributed by atoms with E-state index in [2.05, 4.69) is 0 Å². The number of rotatable bonds is 6. The minimum atomic E-state index is -3.78. The largest absolute Gasteiger partial charge is 0.477 e. The van der Waals surface area contributed by atoms with Gasteiger partial charge in [-0.2, -0.15) is 4.31 Å². The number of aryl methyl sites for hydroxylation is 1. The van der Waals surface area contributed by atoms with E-state index in [-0.39, 0.29) is 21.7 Å². The molecule has 1 unspecified atom stereocenters. The first-order chi connectivity index (χ1) is 10.4. The zero-order valence-electron chi connectivity index (χ0n) is 12.3. The fourth-order valence-corrected chi connectivity index (χ4v) is 6.16. The molecule has 122 valence electrons. The van der Waals surface area contributed by atoms with Crippen molar-refractivity contribution in [2.45, 2.75) is 37.1 Å². The Kier molecular flexibility index (Phi) is 4.28. The Labute approximate surface area is 133 Å². The van der Waals surface area contributed by atoms with Gasteiger partial charge < -0.3 is 9.84 Å². The summed E-state index contributed by atoms with van der Waals surface area (Å²) in [7, 11) is -3.78. The minimum absolute atomic E-state index is 0.00606. The minimum Gasteiger partial charge on any atom is -0.477 e. The molecule has 22 heavy (non-hydrogen) atoms. The maximum absolute atomic E-state index is 13.0. The zero-order valence-corrected chi connectivity index (χ0v) is 14.0. The van der Waals surface area contributed by atoms with Crippen LogP contribution < -0.4 is 0 Å². The highest BCUT2D eigenvalue weighted by Gasteiger charge is 2.42. The van der Waals surface area contributed by atoms with E-state index in [9.17, 15) is 18.3 Å². The van der Waals surface area contributed by atoms with Crippen LogP contribution in [0, 0.1) is 12.8 Å². The van der Waals surface area contributed by atoms with Gasteiger partial charge in [0.15, 0.2) is 0 Å². The molecule has 1 aliphatic carbocycles.